The average molecular weight is 395 g/mol. The van der Waals surface area contributed by atoms with Crippen molar-refractivity contribution in [3.63, 3.8) is 0 Å². The molecule has 0 amide bonds. The van der Waals surface area contributed by atoms with Crippen molar-refractivity contribution in [3.05, 3.63) is 71.0 Å². The summed E-state index contributed by atoms with van der Waals surface area (Å²) in [5.74, 6) is 0.000400. The Morgan fingerprint density at radius 1 is 1.07 bits per heavy atom. The van der Waals surface area contributed by atoms with Crippen molar-refractivity contribution in [2.24, 2.45) is 0 Å². The third kappa shape index (κ3) is 3.74. The molecule has 0 N–H and O–H groups in total. The molecule has 7 heteroatoms. The lowest BCUT2D eigenvalue weighted by atomic mass is 10.1. The van der Waals surface area contributed by atoms with Crippen LogP contribution in [0.5, 0.6) is 0 Å². The van der Waals surface area contributed by atoms with Crippen LogP contribution in [0.3, 0.4) is 0 Å². The summed E-state index contributed by atoms with van der Waals surface area (Å²) in [4.78, 5) is 16.9. The van der Waals surface area contributed by atoms with E-state index >= 15 is 0 Å². The Labute approximate surface area is 163 Å². The maximum Gasteiger partial charge on any atom is 0.173 e. The third-order valence-electron chi connectivity index (χ3n) is 3.95. The second-order valence-electron chi connectivity index (χ2n) is 5.85. The Bertz CT molecular complexity index is 1110. The number of nitrogens with zero attached hydrogens (tertiary/aromatic N) is 3. The van der Waals surface area contributed by atoms with Gasteiger partial charge in [-0.15, -0.1) is 21.5 Å². The van der Waals surface area contributed by atoms with Crippen molar-refractivity contribution in [2.45, 2.75) is 11.9 Å². The van der Waals surface area contributed by atoms with E-state index in [2.05, 4.69) is 15.2 Å². The van der Waals surface area contributed by atoms with Gasteiger partial charge in [0.15, 0.2) is 5.78 Å². The van der Waals surface area contributed by atoms with Gasteiger partial charge in [-0.25, -0.2) is 9.37 Å². The lowest BCUT2D eigenvalue weighted by Crippen LogP contribution is -2.03. The molecule has 27 heavy (non-hydrogen) atoms. The summed E-state index contributed by atoms with van der Waals surface area (Å²) >= 11 is 2.85. The minimum absolute atomic E-state index is 0.0325. The van der Waals surface area contributed by atoms with E-state index in [1.807, 2.05) is 25.1 Å². The number of carbonyl (C=O) groups excluding carboxylic acids is 1. The molecule has 0 spiro atoms. The Morgan fingerprint density at radius 2 is 1.81 bits per heavy atom. The molecule has 2 aromatic heterocycles. The number of aryl methyl sites for hydroxylation is 1. The van der Waals surface area contributed by atoms with Gasteiger partial charge in [0.2, 0.25) is 0 Å². The Balaban J connectivity index is 1.66. The van der Waals surface area contributed by atoms with Crippen LogP contribution in [0.15, 0.2) is 59.6 Å². The van der Waals surface area contributed by atoms with Crippen LogP contribution in [0.25, 0.3) is 21.5 Å². The maximum atomic E-state index is 13.2. The van der Waals surface area contributed by atoms with Crippen molar-refractivity contribution in [2.75, 3.05) is 5.75 Å². The molecule has 0 aliphatic carbocycles. The van der Waals surface area contributed by atoms with Gasteiger partial charge in [0.05, 0.1) is 15.5 Å². The monoisotopic (exact) mass is 395 g/mol. The lowest BCUT2D eigenvalue weighted by Gasteiger charge is -2.05. The quantitative estimate of drug-likeness (QED) is 0.344. The zero-order valence-corrected chi connectivity index (χ0v) is 16.0. The number of Topliss-reactive ketones (excluding diaryl/α,β-unsaturated/α-hetero) is 1. The first-order chi connectivity index (χ1) is 13.1. The summed E-state index contributed by atoms with van der Waals surface area (Å²) in [5, 5.41) is 10.1. The molecule has 4 nitrogen and oxygen atoms in total. The molecule has 0 unspecified atom stereocenters. The summed E-state index contributed by atoms with van der Waals surface area (Å²) in [6, 6.07) is 15.3. The number of fused-ring (bicyclic) bond motifs is 1. The predicted octanol–water partition coefficient (Wildman–Crippen LogP) is 5.18. The van der Waals surface area contributed by atoms with Crippen LogP contribution in [0, 0.1) is 12.7 Å². The van der Waals surface area contributed by atoms with E-state index in [1.165, 1.54) is 35.2 Å². The highest BCUT2D eigenvalue weighted by atomic mass is 32.2. The fraction of sp³-hybridized carbons (Fsp3) is 0.100. The molecule has 4 aromatic rings. The molecule has 0 bridgehead atoms. The number of thiazole rings is 1. The van der Waals surface area contributed by atoms with E-state index in [4.69, 9.17) is 0 Å². The van der Waals surface area contributed by atoms with Gasteiger partial charge in [-0.3, -0.25) is 4.79 Å². The zero-order chi connectivity index (χ0) is 18.8. The highest BCUT2D eigenvalue weighted by Gasteiger charge is 2.17. The number of rotatable bonds is 5. The number of ketones is 1. The normalized spacial score (nSPS) is 11.0. The van der Waals surface area contributed by atoms with E-state index in [-0.39, 0.29) is 17.4 Å². The SMILES string of the molecule is Cc1nc2c(SCC(=O)c3ccccc3)nnc(-c3ccc(F)cc3)c2s1. The number of benzene rings is 2. The second kappa shape index (κ2) is 7.54. The highest BCUT2D eigenvalue weighted by molar-refractivity contribution is 8.00. The molecule has 2 aromatic carbocycles. The summed E-state index contributed by atoms with van der Waals surface area (Å²) in [5.41, 5.74) is 2.87. The molecule has 0 radical (unpaired) electrons. The smallest absolute Gasteiger partial charge is 0.173 e. The van der Waals surface area contributed by atoms with E-state index in [9.17, 15) is 9.18 Å². The first-order valence-electron chi connectivity index (χ1n) is 8.22. The van der Waals surface area contributed by atoms with Crippen molar-refractivity contribution in [3.8, 4) is 11.3 Å². The Kier molecular flexibility index (Phi) is 4.96. The van der Waals surface area contributed by atoms with E-state index in [0.29, 0.717) is 16.3 Å². The van der Waals surface area contributed by atoms with Gasteiger partial charge in [0.1, 0.15) is 22.1 Å². The first-order valence-corrected chi connectivity index (χ1v) is 10.0. The average Bonchev–Trinajstić information content (AvgIpc) is 3.09. The second-order valence-corrected chi connectivity index (χ2v) is 8.02. The number of aromatic nitrogens is 3. The molecule has 0 atom stereocenters. The Morgan fingerprint density at radius 3 is 2.56 bits per heavy atom. The van der Waals surface area contributed by atoms with Crippen LogP contribution in [0.1, 0.15) is 15.4 Å². The molecule has 0 saturated carbocycles. The standard InChI is InChI=1S/C20H14FN3OS2/c1-12-22-18-19(27-12)17(14-7-9-15(21)10-8-14)23-24-20(18)26-11-16(25)13-5-3-2-4-6-13/h2-10H,11H2,1H3. The van der Waals surface area contributed by atoms with Gasteiger partial charge in [-0.2, -0.15) is 0 Å². The fourth-order valence-electron chi connectivity index (χ4n) is 2.66. The fourth-order valence-corrected chi connectivity index (χ4v) is 4.46. The van der Waals surface area contributed by atoms with Gasteiger partial charge < -0.3 is 0 Å². The van der Waals surface area contributed by atoms with Crippen molar-refractivity contribution in [1.82, 2.24) is 15.2 Å². The highest BCUT2D eigenvalue weighted by Crippen LogP contribution is 2.35. The molecular formula is C20H14FN3OS2. The van der Waals surface area contributed by atoms with Crippen LogP contribution in [0.2, 0.25) is 0 Å². The van der Waals surface area contributed by atoms with Crippen molar-refractivity contribution >= 4 is 39.1 Å². The predicted molar refractivity (Wildman–Crippen MR) is 107 cm³/mol. The van der Waals surface area contributed by atoms with Gasteiger partial charge in [0, 0.05) is 11.1 Å². The minimum atomic E-state index is -0.296. The molecule has 134 valence electrons. The number of halogens is 1. The van der Waals surface area contributed by atoms with Gasteiger partial charge in [-0.05, 0) is 31.2 Å². The molecule has 0 aliphatic rings. The molecular weight excluding hydrogens is 381 g/mol. The Hall–Kier alpha value is -2.64. The van der Waals surface area contributed by atoms with E-state index in [1.54, 1.807) is 24.3 Å². The first kappa shape index (κ1) is 17.8. The zero-order valence-electron chi connectivity index (χ0n) is 14.3. The topological polar surface area (TPSA) is 55.7 Å². The summed E-state index contributed by atoms with van der Waals surface area (Å²) in [6.45, 7) is 1.92. The molecule has 0 aliphatic heterocycles. The van der Waals surface area contributed by atoms with E-state index < -0.39 is 0 Å². The number of hydrogen-bond acceptors (Lipinski definition) is 6. The van der Waals surface area contributed by atoms with Crippen LogP contribution < -0.4 is 0 Å². The van der Waals surface area contributed by atoms with Crippen molar-refractivity contribution < 1.29 is 9.18 Å². The van der Waals surface area contributed by atoms with Crippen molar-refractivity contribution in [1.29, 1.82) is 0 Å². The molecule has 2 heterocycles. The summed E-state index contributed by atoms with van der Waals surface area (Å²) in [7, 11) is 0. The van der Waals surface area contributed by atoms with E-state index in [0.717, 1.165) is 20.8 Å². The molecule has 4 rings (SSSR count). The minimum Gasteiger partial charge on any atom is -0.293 e. The number of thioether (sulfide) groups is 1. The van der Waals surface area contributed by atoms with Crippen LogP contribution in [-0.2, 0) is 0 Å². The number of carbonyl (C=O) groups is 1. The molecule has 0 fully saturated rings. The molecule has 0 saturated heterocycles. The largest absolute Gasteiger partial charge is 0.293 e. The summed E-state index contributed by atoms with van der Waals surface area (Å²) in [6.07, 6.45) is 0. The van der Waals surface area contributed by atoms with Crippen LogP contribution >= 0.6 is 23.1 Å². The third-order valence-corrected chi connectivity index (χ3v) is 5.88. The van der Waals surface area contributed by atoms with Crippen LogP contribution in [0.4, 0.5) is 4.39 Å². The van der Waals surface area contributed by atoms with Gasteiger partial charge in [-0.1, -0.05) is 42.1 Å². The summed E-state index contributed by atoms with van der Waals surface area (Å²) < 4.78 is 14.1. The maximum absolute atomic E-state index is 13.2. The number of hydrogen-bond donors (Lipinski definition) is 0. The van der Waals surface area contributed by atoms with Crippen LogP contribution in [-0.4, -0.2) is 26.7 Å². The lowest BCUT2D eigenvalue weighted by molar-refractivity contribution is 0.102. The van der Waals surface area contributed by atoms with Gasteiger partial charge in [0.25, 0.3) is 0 Å². The van der Waals surface area contributed by atoms with Gasteiger partial charge >= 0.3 is 0 Å².